The molecule has 1 N–H and O–H groups in total. The molecule has 3 aromatic rings. The SMILES string of the molecule is CCCCNC(=O)C(c1ccccc1N=[N+]=[N-])N(C(=O)C(=O)c1ccccc1)c1ccc(C)cc1. The van der Waals surface area contributed by atoms with Gasteiger partial charge < -0.3 is 5.32 Å². The molecule has 0 aliphatic rings. The zero-order valence-corrected chi connectivity index (χ0v) is 19.7. The maximum absolute atomic E-state index is 13.7. The van der Waals surface area contributed by atoms with E-state index < -0.39 is 23.6 Å². The van der Waals surface area contributed by atoms with E-state index in [2.05, 4.69) is 15.3 Å². The van der Waals surface area contributed by atoms with Crippen molar-refractivity contribution in [2.24, 2.45) is 5.11 Å². The minimum atomic E-state index is -1.24. The quantitative estimate of drug-likeness (QED) is 0.101. The molecular weight excluding hydrogens is 442 g/mol. The molecule has 2 amide bonds. The lowest BCUT2D eigenvalue weighted by Crippen LogP contribution is -2.46. The number of amides is 2. The Labute approximate surface area is 204 Å². The van der Waals surface area contributed by atoms with Gasteiger partial charge in [-0.3, -0.25) is 19.3 Å². The van der Waals surface area contributed by atoms with Gasteiger partial charge in [0.2, 0.25) is 5.91 Å². The highest BCUT2D eigenvalue weighted by atomic mass is 16.2. The summed E-state index contributed by atoms with van der Waals surface area (Å²) >= 11 is 0. The molecule has 0 bridgehead atoms. The Morgan fingerprint density at radius 1 is 0.971 bits per heavy atom. The Kier molecular flexibility index (Phi) is 8.76. The molecule has 0 radical (unpaired) electrons. The van der Waals surface area contributed by atoms with Crippen LogP contribution in [-0.4, -0.2) is 24.1 Å². The fourth-order valence-electron chi connectivity index (χ4n) is 3.65. The van der Waals surface area contributed by atoms with E-state index >= 15 is 0 Å². The molecule has 0 heterocycles. The number of azide groups is 1. The van der Waals surface area contributed by atoms with Crippen molar-refractivity contribution in [1.29, 1.82) is 0 Å². The Balaban J connectivity index is 2.20. The predicted molar refractivity (Wildman–Crippen MR) is 135 cm³/mol. The fourth-order valence-corrected chi connectivity index (χ4v) is 3.65. The first kappa shape index (κ1) is 25.2. The second-order valence-electron chi connectivity index (χ2n) is 8.00. The van der Waals surface area contributed by atoms with E-state index in [0.717, 1.165) is 18.4 Å². The van der Waals surface area contributed by atoms with Crippen LogP contribution in [0.15, 0.2) is 84.0 Å². The smallest absolute Gasteiger partial charge is 0.300 e. The van der Waals surface area contributed by atoms with Gasteiger partial charge >= 0.3 is 0 Å². The van der Waals surface area contributed by atoms with Gasteiger partial charge in [-0.2, -0.15) is 0 Å². The van der Waals surface area contributed by atoms with E-state index in [0.29, 0.717) is 17.8 Å². The second-order valence-corrected chi connectivity index (χ2v) is 8.00. The normalized spacial score (nSPS) is 11.1. The highest BCUT2D eigenvalue weighted by Crippen LogP contribution is 2.34. The van der Waals surface area contributed by atoms with Crippen LogP contribution in [0.5, 0.6) is 0 Å². The molecule has 3 aromatic carbocycles. The molecule has 35 heavy (non-hydrogen) atoms. The Bertz CT molecular complexity index is 1240. The van der Waals surface area contributed by atoms with Crippen molar-refractivity contribution in [3.8, 4) is 0 Å². The van der Waals surface area contributed by atoms with Crippen LogP contribution >= 0.6 is 0 Å². The maximum atomic E-state index is 13.7. The van der Waals surface area contributed by atoms with Crippen molar-refractivity contribution < 1.29 is 14.4 Å². The molecule has 0 aliphatic heterocycles. The summed E-state index contributed by atoms with van der Waals surface area (Å²) in [7, 11) is 0. The average Bonchev–Trinajstić information content (AvgIpc) is 2.88. The summed E-state index contributed by atoms with van der Waals surface area (Å²) < 4.78 is 0. The highest BCUT2D eigenvalue weighted by Gasteiger charge is 2.37. The number of anilines is 1. The number of hydrogen-bond acceptors (Lipinski definition) is 4. The number of carbonyl (C=O) groups excluding carboxylic acids is 3. The standard InChI is InChI=1S/C27H27N5O3/c1-3-4-18-29-26(34)24(22-12-8-9-13-23(22)30-31-28)32(21-16-14-19(2)15-17-21)27(35)25(33)20-10-6-5-7-11-20/h5-17,24H,3-4,18H2,1-2H3,(H,29,34). The van der Waals surface area contributed by atoms with Gasteiger partial charge in [-0.1, -0.05) is 90.8 Å². The van der Waals surface area contributed by atoms with Gasteiger partial charge in [0, 0.05) is 28.4 Å². The summed E-state index contributed by atoms with van der Waals surface area (Å²) in [6.45, 7) is 4.30. The molecule has 0 aliphatic carbocycles. The van der Waals surface area contributed by atoms with Gasteiger partial charge in [0.1, 0.15) is 6.04 Å². The number of aryl methyl sites for hydroxylation is 1. The third-order valence-corrected chi connectivity index (χ3v) is 5.48. The molecule has 0 saturated heterocycles. The summed E-state index contributed by atoms with van der Waals surface area (Å²) in [4.78, 5) is 44.6. The van der Waals surface area contributed by atoms with Gasteiger partial charge in [0.25, 0.3) is 11.7 Å². The molecule has 0 spiro atoms. The van der Waals surface area contributed by atoms with E-state index in [4.69, 9.17) is 5.53 Å². The zero-order chi connectivity index (χ0) is 25.2. The Morgan fingerprint density at radius 3 is 2.29 bits per heavy atom. The summed E-state index contributed by atoms with van der Waals surface area (Å²) in [5.74, 6) is -2.10. The first-order chi connectivity index (χ1) is 17.0. The van der Waals surface area contributed by atoms with E-state index in [1.807, 2.05) is 13.8 Å². The first-order valence-corrected chi connectivity index (χ1v) is 11.4. The van der Waals surface area contributed by atoms with Crippen LogP contribution in [0.3, 0.4) is 0 Å². The van der Waals surface area contributed by atoms with E-state index in [1.165, 1.54) is 4.90 Å². The molecule has 8 heteroatoms. The molecule has 8 nitrogen and oxygen atoms in total. The molecule has 0 saturated carbocycles. The minimum Gasteiger partial charge on any atom is -0.354 e. The van der Waals surface area contributed by atoms with Crippen molar-refractivity contribution in [2.75, 3.05) is 11.4 Å². The third kappa shape index (κ3) is 6.13. The molecule has 3 rings (SSSR count). The summed E-state index contributed by atoms with van der Waals surface area (Å²) in [6, 6.07) is 20.5. The number of rotatable bonds is 10. The maximum Gasteiger partial charge on any atom is 0.300 e. The van der Waals surface area contributed by atoms with E-state index in [1.54, 1.807) is 78.9 Å². The van der Waals surface area contributed by atoms with Crippen LogP contribution < -0.4 is 10.2 Å². The Hall–Kier alpha value is -4.42. The monoisotopic (exact) mass is 469 g/mol. The number of ketones is 1. The van der Waals surface area contributed by atoms with E-state index in [9.17, 15) is 14.4 Å². The van der Waals surface area contributed by atoms with Crippen molar-refractivity contribution in [3.63, 3.8) is 0 Å². The van der Waals surface area contributed by atoms with Crippen LogP contribution in [0.4, 0.5) is 11.4 Å². The lowest BCUT2D eigenvalue weighted by molar-refractivity contribution is -0.125. The number of nitrogens with one attached hydrogen (secondary N) is 1. The third-order valence-electron chi connectivity index (χ3n) is 5.48. The molecule has 1 unspecified atom stereocenters. The molecule has 1 atom stereocenters. The largest absolute Gasteiger partial charge is 0.354 e. The van der Waals surface area contributed by atoms with Gasteiger partial charge in [-0.25, -0.2) is 0 Å². The first-order valence-electron chi connectivity index (χ1n) is 11.4. The van der Waals surface area contributed by atoms with Crippen molar-refractivity contribution in [2.45, 2.75) is 32.7 Å². The van der Waals surface area contributed by atoms with Crippen LogP contribution in [0.2, 0.25) is 0 Å². The van der Waals surface area contributed by atoms with Crippen molar-refractivity contribution >= 4 is 29.0 Å². The fraction of sp³-hybridized carbons (Fsp3) is 0.222. The van der Waals surface area contributed by atoms with Gasteiger partial charge in [-0.05, 0) is 36.6 Å². The number of benzene rings is 3. The number of unbranched alkanes of at least 4 members (excludes halogenated alkanes) is 1. The lowest BCUT2D eigenvalue weighted by Gasteiger charge is -2.32. The predicted octanol–water partition coefficient (Wildman–Crippen LogP) is 5.81. The molecule has 0 aromatic heterocycles. The number of hydrogen-bond donors (Lipinski definition) is 1. The van der Waals surface area contributed by atoms with Crippen LogP contribution in [0, 0.1) is 6.92 Å². The second kappa shape index (κ2) is 12.2. The molecule has 178 valence electrons. The van der Waals surface area contributed by atoms with Crippen LogP contribution in [-0.2, 0) is 9.59 Å². The van der Waals surface area contributed by atoms with Gasteiger partial charge in [0.05, 0.1) is 0 Å². The summed E-state index contributed by atoms with van der Waals surface area (Å²) in [6.07, 6.45) is 1.62. The number of carbonyl (C=O) groups is 3. The summed E-state index contributed by atoms with van der Waals surface area (Å²) in [5, 5.41) is 6.60. The molecular formula is C27H27N5O3. The van der Waals surface area contributed by atoms with Crippen LogP contribution in [0.25, 0.3) is 10.4 Å². The zero-order valence-electron chi connectivity index (χ0n) is 19.7. The van der Waals surface area contributed by atoms with Crippen LogP contribution in [0.1, 0.15) is 47.3 Å². The average molecular weight is 470 g/mol. The topological polar surface area (TPSA) is 115 Å². The van der Waals surface area contributed by atoms with Crippen molar-refractivity contribution in [3.05, 3.63) is 106 Å². The van der Waals surface area contributed by atoms with Gasteiger partial charge in [-0.15, -0.1) is 0 Å². The Morgan fingerprint density at radius 2 is 1.63 bits per heavy atom. The minimum absolute atomic E-state index is 0.197. The molecule has 0 fully saturated rings. The van der Waals surface area contributed by atoms with E-state index in [-0.39, 0.29) is 11.3 Å². The van der Waals surface area contributed by atoms with Crippen molar-refractivity contribution in [1.82, 2.24) is 5.32 Å². The summed E-state index contributed by atoms with van der Waals surface area (Å²) in [5.41, 5.74) is 11.1. The number of nitrogens with zero attached hydrogens (tertiary/aromatic N) is 4. The number of Topliss-reactive ketones (excluding diaryl/α,β-unsaturated/α-hetero) is 1. The lowest BCUT2D eigenvalue weighted by atomic mass is 9.99. The highest BCUT2D eigenvalue weighted by molar-refractivity contribution is 6.47. The van der Waals surface area contributed by atoms with Gasteiger partial charge in [0.15, 0.2) is 0 Å².